The highest BCUT2D eigenvalue weighted by Crippen LogP contribution is 2.37. The number of rotatable bonds is 5. The number of hydrogen-bond acceptors (Lipinski definition) is 4. The Morgan fingerprint density at radius 1 is 1.18 bits per heavy atom. The quantitative estimate of drug-likeness (QED) is 0.675. The van der Waals surface area contributed by atoms with Crippen LogP contribution >= 0.6 is 0 Å². The van der Waals surface area contributed by atoms with Crippen LogP contribution < -0.4 is 0 Å². The van der Waals surface area contributed by atoms with Gasteiger partial charge in [-0.15, -0.1) is 0 Å². The van der Waals surface area contributed by atoms with Crippen LogP contribution in [-0.2, 0) is 14.3 Å². The minimum Gasteiger partial charge on any atom is -0.377 e. The zero-order chi connectivity index (χ0) is 12.3. The van der Waals surface area contributed by atoms with Gasteiger partial charge in [0.1, 0.15) is 6.29 Å². The fourth-order valence-corrected chi connectivity index (χ4v) is 3.24. The molecule has 98 valence electrons. The Labute approximate surface area is 103 Å². The molecule has 1 saturated heterocycles. The van der Waals surface area contributed by atoms with Crippen molar-refractivity contribution in [2.75, 3.05) is 33.9 Å². The molecule has 1 heterocycles. The Balaban J connectivity index is 1.93. The molecule has 0 N–H and O–H groups in total. The number of carbonyl (C=O) groups is 1. The standard InChI is InChI=1S/C13H23NO3/c1-16-11-7-14(8-12(11)17-2)9-13(10-15)5-3-4-6-13/h10-12H,3-9H2,1-2H3. The van der Waals surface area contributed by atoms with E-state index in [-0.39, 0.29) is 17.6 Å². The maximum atomic E-state index is 11.3. The molecule has 17 heavy (non-hydrogen) atoms. The van der Waals surface area contributed by atoms with Crippen LogP contribution in [0.5, 0.6) is 0 Å². The predicted octanol–water partition coefficient (Wildman–Crippen LogP) is 1.09. The molecule has 0 aromatic carbocycles. The topological polar surface area (TPSA) is 38.8 Å². The Morgan fingerprint density at radius 2 is 1.71 bits per heavy atom. The third-order valence-corrected chi connectivity index (χ3v) is 4.28. The van der Waals surface area contributed by atoms with Crippen LogP contribution in [0.25, 0.3) is 0 Å². The van der Waals surface area contributed by atoms with Gasteiger partial charge in [-0.1, -0.05) is 12.8 Å². The molecule has 1 aliphatic carbocycles. The highest BCUT2D eigenvalue weighted by Gasteiger charge is 2.40. The lowest BCUT2D eigenvalue weighted by atomic mass is 9.87. The molecule has 0 aromatic heterocycles. The first kappa shape index (κ1) is 13.0. The van der Waals surface area contributed by atoms with E-state index in [1.165, 1.54) is 19.1 Å². The molecular formula is C13H23NO3. The third-order valence-electron chi connectivity index (χ3n) is 4.28. The Morgan fingerprint density at radius 3 is 2.12 bits per heavy atom. The number of likely N-dealkylation sites (tertiary alicyclic amines) is 1. The normalized spacial score (nSPS) is 33.1. The summed E-state index contributed by atoms with van der Waals surface area (Å²) in [5.41, 5.74) is -0.0963. The fraction of sp³-hybridized carbons (Fsp3) is 0.923. The highest BCUT2D eigenvalue weighted by molar-refractivity contribution is 5.60. The fourth-order valence-electron chi connectivity index (χ4n) is 3.24. The average molecular weight is 241 g/mol. The van der Waals surface area contributed by atoms with Crippen molar-refractivity contribution < 1.29 is 14.3 Å². The van der Waals surface area contributed by atoms with Crippen molar-refractivity contribution in [1.82, 2.24) is 4.90 Å². The number of nitrogens with zero attached hydrogens (tertiary/aromatic N) is 1. The predicted molar refractivity (Wildman–Crippen MR) is 65.0 cm³/mol. The molecule has 0 spiro atoms. The molecule has 1 saturated carbocycles. The molecule has 2 atom stereocenters. The summed E-state index contributed by atoms with van der Waals surface area (Å²) >= 11 is 0. The lowest BCUT2D eigenvalue weighted by Crippen LogP contribution is -2.36. The van der Waals surface area contributed by atoms with Crippen molar-refractivity contribution in [1.29, 1.82) is 0 Å². The van der Waals surface area contributed by atoms with Gasteiger partial charge in [-0.05, 0) is 12.8 Å². The van der Waals surface area contributed by atoms with Crippen LogP contribution in [0.4, 0.5) is 0 Å². The van der Waals surface area contributed by atoms with Crippen molar-refractivity contribution in [2.24, 2.45) is 5.41 Å². The van der Waals surface area contributed by atoms with Crippen molar-refractivity contribution in [3.05, 3.63) is 0 Å². The maximum Gasteiger partial charge on any atom is 0.127 e. The number of carbonyl (C=O) groups excluding carboxylic acids is 1. The van der Waals surface area contributed by atoms with E-state index >= 15 is 0 Å². The molecule has 0 bridgehead atoms. The van der Waals surface area contributed by atoms with Gasteiger partial charge in [0, 0.05) is 39.3 Å². The van der Waals surface area contributed by atoms with E-state index in [9.17, 15) is 4.79 Å². The summed E-state index contributed by atoms with van der Waals surface area (Å²) in [5.74, 6) is 0. The molecule has 0 aromatic rings. The van der Waals surface area contributed by atoms with E-state index in [4.69, 9.17) is 9.47 Å². The van der Waals surface area contributed by atoms with Gasteiger partial charge in [0.05, 0.1) is 12.2 Å². The Kier molecular flexibility index (Phi) is 4.17. The second-order valence-corrected chi connectivity index (χ2v) is 5.43. The largest absolute Gasteiger partial charge is 0.377 e. The molecule has 2 rings (SSSR count). The number of methoxy groups -OCH3 is 2. The second kappa shape index (κ2) is 5.46. The summed E-state index contributed by atoms with van der Waals surface area (Å²) in [4.78, 5) is 13.7. The monoisotopic (exact) mass is 241 g/mol. The van der Waals surface area contributed by atoms with Crippen LogP contribution in [0.15, 0.2) is 0 Å². The van der Waals surface area contributed by atoms with Crippen LogP contribution in [0, 0.1) is 5.41 Å². The summed E-state index contributed by atoms with van der Waals surface area (Å²) < 4.78 is 10.8. The van der Waals surface area contributed by atoms with Gasteiger partial charge in [-0.2, -0.15) is 0 Å². The summed E-state index contributed by atoms with van der Waals surface area (Å²) in [7, 11) is 3.45. The molecule has 2 unspecified atom stereocenters. The van der Waals surface area contributed by atoms with E-state index in [1.54, 1.807) is 14.2 Å². The summed E-state index contributed by atoms with van der Waals surface area (Å²) in [6, 6.07) is 0. The third kappa shape index (κ3) is 2.69. The second-order valence-electron chi connectivity index (χ2n) is 5.43. The molecular weight excluding hydrogens is 218 g/mol. The zero-order valence-corrected chi connectivity index (χ0v) is 10.9. The van der Waals surface area contributed by atoms with Crippen molar-refractivity contribution in [3.8, 4) is 0 Å². The van der Waals surface area contributed by atoms with E-state index < -0.39 is 0 Å². The minimum atomic E-state index is -0.0963. The summed E-state index contributed by atoms with van der Waals surface area (Å²) in [6.45, 7) is 2.63. The molecule has 0 radical (unpaired) electrons. The van der Waals surface area contributed by atoms with Gasteiger partial charge >= 0.3 is 0 Å². The Hall–Kier alpha value is -0.450. The van der Waals surface area contributed by atoms with Crippen molar-refractivity contribution >= 4 is 6.29 Å². The number of hydrogen-bond donors (Lipinski definition) is 0. The number of ether oxygens (including phenoxy) is 2. The van der Waals surface area contributed by atoms with Gasteiger partial charge in [-0.25, -0.2) is 0 Å². The van der Waals surface area contributed by atoms with Crippen LogP contribution in [0.3, 0.4) is 0 Å². The van der Waals surface area contributed by atoms with Gasteiger partial charge < -0.3 is 14.3 Å². The Bertz CT molecular complexity index is 251. The van der Waals surface area contributed by atoms with Gasteiger partial charge in [-0.3, -0.25) is 4.90 Å². The zero-order valence-electron chi connectivity index (χ0n) is 10.9. The molecule has 1 aliphatic heterocycles. The smallest absolute Gasteiger partial charge is 0.127 e. The molecule has 4 heteroatoms. The average Bonchev–Trinajstić information content (AvgIpc) is 2.96. The SMILES string of the molecule is COC1CN(CC2(C=O)CCCC2)CC1OC. The first-order valence-corrected chi connectivity index (χ1v) is 6.47. The van der Waals surface area contributed by atoms with E-state index in [0.29, 0.717) is 0 Å². The van der Waals surface area contributed by atoms with E-state index in [0.717, 1.165) is 32.5 Å². The first-order chi connectivity index (χ1) is 8.23. The molecule has 0 amide bonds. The van der Waals surface area contributed by atoms with Crippen LogP contribution in [0.1, 0.15) is 25.7 Å². The molecule has 2 aliphatic rings. The first-order valence-electron chi connectivity index (χ1n) is 6.47. The van der Waals surface area contributed by atoms with Crippen molar-refractivity contribution in [3.63, 3.8) is 0 Å². The minimum absolute atomic E-state index is 0.0963. The van der Waals surface area contributed by atoms with Crippen molar-refractivity contribution in [2.45, 2.75) is 37.9 Å². The number of aldehydes is 1. The van der Waals surface area contributed by atoms with Crippen LogP contribution in [0.2, 0.25) is 0 Å². The van der Waals surface area contributed by atoms with Gasteiger partial charge in [0.25, 0.3) is 0 Å². The maximum absolute atomic E-state index is 11.3. The van der Waals surface area contributed by atoms with E-state index in [2.05, 4.69) is 4.90 Å². The lowest BCUT2D eigenvalue weighted by molar-refractivity contribution is -0.117. The lowest BCUT2D eigenvalue weighted by Gasteiger charge is -2.28. The van der Waals surface area contributed by atoms with Crippen LogP contribution in [-0.4, -0.2) is 57.2 Å². The van der Waals surface area contributed by atoms with Gasteiger partial charge in [0.15, 0.2) is 0 Å². The molecule has 4 nitrogen and oxygen atoms in total. The van der Waals surface area contributed by atoms with E-state index in [1.807, 2.05) is 0 Å². The summed E-state index contributed by atoms with van der Waals surface area (Å²) in [6.07, 6.45) is 5.93. The molecule has 2 fully saturated rings. The van der Waals surface area contributed by atoms with Gasteiger partial charge in [0.2, 0.25) is 0 Å². The summed E-state index contributed by atoms with van der Waals surface area (Å²) in [5, 5.41) is 0. The highest BCUT2D eigenvalue weighted by atomic mass is 16.5.